The van der Waals surface area contributed by atoms with Gasteiger partial charge in [-0.2, -0.15) is 0 Å². The number of hydrogen-bond acceptors (Lipinski definition) is 7. The number of aromatic amines is 1. The molecule has 4 rings (SSSR count). The third kappa shape index (κ3) is 5.09. The van der Waals surface area contributed by atoms with Gasteiger partial charge in [-0.25, -0.2) is 4.68 Å². The van der Waals surface area contributed by atoms with Crippen LogP contribution in [0.5, 0.6) is 5.75 Å². The average Bonchev–Trinajstić information content (AvgIpc) is 3.29. The summed E-state index contributed by atoms with van der Waals surface area (Å²) in [6, 6.07) is 7.67. The molecule has 2 N–H and O–H groups in total. The topological polar surface area (TPSA) is 109 Å². The summed E-state index contributed by atoms with van der Waals surface area (Å²) in [5, 5.41) is 23.6. The summed E-state index contributed by atoms with van der Waals surface area (Å²) in [5.74, 6) is 1.73. The van der Waals surface area contributed by atoms with Gasteiger partial charge >= 0.3 is 0 Å². The fraction of sp³-hybridized carbons (Fsp3) is 0.583. The highest BCUT2D eigenvalue weighted by atomic mass is 16.5. The number of methoxy groups -OCH3 is 1. The highest BCUT2D eigenvalue weighted by Gasteiger charge is 2.32. The standard InChI is InChI=1S/C24H34N6O3/c1-16(2)22(23-26-27-28-30(23)19-7-5-4-6-8-19)29(11-12-31)15-18-13-17-14-20(33-3)9-10-21(17)25-24(18)32/h9-10,13-14,16,19,22,31H,4-8,11-12,15H2,1-3H3,(H,25,32)/t22-/m0/s1. The minimum Gasteiger partial charge on any atom is -0.497 e. The van der Waals surface area contributed by atoms with Crippen LogP contribution < -0.4 is 10.3 Å². The molecule has 1 saturated carbocycles. The molecule has 0 spiro atoms. The number of hydrogen-bond donors (Lipinski definition) is 2. The monoisotopic (exact) mass is 454 g/mol. The first-order valence-corrected chi connectivity index (χ1v) is 11.8. The molecule has 1 aliphatic carbocycles. The van der Waals surface area contributed by atoms with E-state index in [-0.39, 0.29) is 24.1 Å². The van der Waals surface area contributed by atoms with Crippen LogP contribution in [0.3, 0.4) is 0 Å². The van der Waals surface area contributed by atoms with E-state index < -0.39 is 0 Å². The molecule has 33 heavy (non-hydrogen) atoms. The fourth-order valence-electron chi connectivity index (χ4n) is 5.00. The van der Waals surface area contributed by atoms with Crippen LogP contribution in [-0.2, 0) is 6.54 Å². The Kier molecular flexibility index (Phi) is 7.39. The molecule has 1 atom stereocenters. The molecule has 0 unspecified atom stereocenters. The number of rotatable bonds is 9. The van der Waals surface area contributed by atoms with E-state index in [1.165, 1.54) is 19.3 Å². The smallest absolute Gasteiger partial charge is 0.252 e. The third-order valence-electron chi connectivity index (χ3n) is 6.62. The summed E-state index contributed by atoms with van der Waals surface area (Å²) in [4.78, 5) is 18.0. The van der Waals surface area contributed by atoms with Crippen LogP contribution in [0.15, 0.2) is 29.1 Å². The van der Waals surface area contributed by atoms with E-state index in [0.717, 1.165) is 35.3 Å². The number of aliphatic hydroxyl groups is 1. The molecule has 1 aliphatic rings. The molecule has 0 radical (unpaired) electrons. The molecule has 0 amide bonds. The van der Waals surface area contributed by atoms with Gasteiger partial charge in [0, 0.05) is 29.6 Å². The van der Waals surface area contributed by atoms with Gasteiger partial charge in [0.15, 0.2) is 5.82 Å². The fourth-order valence-corrected chi connectivity index (χ4v) is 5.00. The van der Waals surface area contributed by atoms with Crippen LogP contribution in [0.1, 0.15) is 69.4 Å². The minimum atomic E-state index is -0.134. The van der Waals surface area contributed by atoms with Gasteiger partial charge in [-0.3, -0.25) is 9.69 Å². The summed E-state index contributed by atoms with van der Waals surface area (Å²) in [6.07, 6.45) is 5.79. The van der Waals surface area contributed by atoms with Crippen molar-refractivity contribution in [3.05, 3.63) is 46.0 Å². The Bertz CT molecular complexity index is 1120. The molecule has 2 heterocycles. The van der Waals surface area contributed by atoms with Crippen molar-refractivity contribution in [2.45, 2.75) is 64.6 Å². The molecule has 2 aromatic heterocycles. The number of fused-ring (bicyclic) bond motifs is 1. The molecule has 1 aromatic carbocycles. The van der Waals surface area contributed by atoms with Gasteiger partial charge in [-0.05, 0) is 53.5 Å². The van der Waals surface area contributed by atoms with Crippen LogP contribution in [0.2, 0.25) is 0 Å². The first kappa shape index (κ1) is 23.4. The van der Waals surface area contributed by atoms with Gasteiger partial charge in [0.2, 0.25) is 0 Å². The van der Waals surface area contributed by atoms with Crippen LogP contribution in [0, 0.1) is 5.92 Å². The SMILES string of the molecule is COc1ccc2[nH]c(=O)c(CN(CCO)[C@H](c3nnnn3C3CCCCC3)C(C)C)cc2c1. The average molecular weight is 455 g/mol. The molecule has 0 saturated heterocycles. The number of ether oxygens (including phenoxy) is 1. The lowest BCUT2D eigenvalue weighted by Gasteiger charge is -2.34. The van der Waals surface area contributed by atoms with Gasteiger partial charge in [-0.15, -0.1) is 5.10 Å². The molecular formula is C24H34N6O3. The van der Waals surface area contributed by atoms with Crippen molar-refractivity contribution in [1.82, 2.24) is 30.1 Å². The number of aliphatic hydroxyl groups excluding tert-OH is 1. The van der Waals surface area contributed by atoms with E-state index >= 15 is 0 Å². The van der Waals surface area contributed by atoms with Crippen LogP contribution in [0.4, 0.5) is 0 Å². The first-order chi connectivity index (χ1) is 16.0. The Hall–Kier alpha value is -2.78. The van der Waals surface area contributed by atoms with Crippen molar-refractivity contribution in [2.75, 3.05) is 20.3 Å². The molecule has 178 valence electrons. The maximum atomic E-state index is 12.9. The lowest BCUT2D eigenvalue weighted by Crippen LogP contribution is -2.38. The lowest BCUT2D eigenvalue weighted by molar-refractivity contribution is 0.103. The van der Waals surface area contributed by atoms with Crippen molar-refractivity contribution >= 4 is 10.9 Å². The number of aromatic nitrogens is 5. The number of pyridine rings is 1. The van der Waals surface area contributed by atoms with Crippen molar-refractivity contribution in [1.29, 1.82) is 0 Å². The number of tetrazole rings is 1. The molecule has 9 nitrogen and oxygen atoms in total. The zero-order valence-electron chi connectivity index (χ0n) is 19.7. The lowest BCUT2D eigenvalue weighted by atomic mass is 9.94. The Morgan fingerprint density at radius 1 is 1.24 bits per heavy atom. The Labute approximate surface area is 193 Å². The molecule has 0 bridgehead atoms. The molecule has 0 aliphatic heterocycles. The molecular weight excluding hydrogens is 420 g/mol. The summed E-state index contributed by atoms with van der Waals surface area (Å²) >= 11 is 0. The maximum absolute atomic E-state index is 12.9. The minimum absolute atomic E-state index is 0.0203. The number of nitrogens with zero attached hydrogens (tertiary/aromatic N) is 5. The molecule has 1 fully saturated rings. The van der Waals surface area contributed by atoms with Crippen molar-refractivity contribution < 1.29 is 9.84 Å². The number of benzene rings is 1. The highest BCUT2D eigenvalue weighted by Crippen LogP contribution is 2.33. The van der Waals surface area contributed by atoms with E-state index in [1.807, 2.05) is 28.9 Å². The van der Waals surface area contributed by atoms with Gasteiger partial charge in [0.05, 0.1) is 25.8 Å². The quantitative estimate of drug-likeness (QED) is 0.511. The number of H-pyrrole nitrogens is 1. The Balaban J connectivity index is 1.69. The predicted molar refractivity (Wildman–Crippen MR) is 126 cm³/mol. The second-order valence-corrected chi connectivity index (χ2v) is 9.23. The maximum Gasteiger partial charge on any atom is 0.252 e. The Morgan fingerprint density at radius 2 is 2.03 bits per heavy atom. The van der Waals surface area contributed by atoms with Gasteiger partial charge in [0.25, 0.3) is 5.56 Å². The van der Waals surface area contributed by atoms with E-state index in [9.17, 15) is 9.90 Å². The second kappa shape index (κ2) is 10.4. The summed E-state index contributed by atoms with van der Waals surface area (Å²) in [7, 11) is 1.63. The van der Waals surface area contributed by atoms with Crippen molar-refractivity contribution in [3.63, 3.8) is 0 Å². The summed E-state index contributed by atoms with van der Waals surface area (Å²) in [5.41, 5.74) is 1.26. The summed E-state index contributed by atoms with van der Waals surface area (Å²) < 4.78 is 7.33. The number of nitrogens with one attached hydrogen (secondary N) is 1. The van der Waals surface area contributed by atoms with E-state index in [2.05, 4.69) is 39.3 Å². The third-order valence-corrected chi connectivity index (χ3v) is 6.62. The normalized spacial score (nSPS) is 16.1. The van der Waals surface area contributed by atoms with Gasteiger partial charge in [0.1, 0.15) is 5.75 Å². The van der Waals surface area contributed by atoms with E-state index in [4.69, 9.17) is 4.74 Å². The van der Waals surface area contributed by atoms with Crippen molar-refractivity contribution in [2.24, 2.45) is 5.92 Å². The second-order valence-electron chi connectivity index (χ2n) is 9.23. The highest BCUT2D eigenvalue weighted by molar-refractivity contribution is 5.80. The Morgan fingerprint density at radius 3 is 2.73 bits per heavy atom. The first-order valence-electron chi connectivity index (χ1n) is 11.8. The molecule has 3 aromatic rings. The van der Waals surface area contributed by atoms with Crippen LogP contribution in [0.25, 0.3) is 10.9 Å². The van der Waals surface area contributed by atoms with Gasteiger partial charge in [-0.1, -0.05) is 33.1 Å². The predicted octanol–water partition coefficient (Wildman–Crippen LogP) is 3.22. The zero-order valence-corrected chi connectivity index (χ0v) is 19.7. The van der Waals surface area contributed by atoms with Crippen LogP contribution >= 0.6 is 0 Å². The largest absolute Gasteiger partial charge is 0.497 e. The van der Waals surface area contributed by atoms with Crippen molar-refractivity contribution in [3.8, 4) is 5.75 Å². The van der Waals surface area contributed by atoms with Gasteiger partial charge < -0.3 is 14.8 Å². The van der Waals surface area contributed by atoms with E-state index in [0.29, 0.717) is 24.7 Å². The van der Waals surface area contributed by atoms with Crippen LogP contribution in [-0.4, -0.2) is 55.5 Å². The molecule has 9 heteroatoms. The summed E-state index contributed by atoms with van der Waals surface area (Å²) in [6.45, 7) is 5.03. The van der Waals surface area contributed by atoms with E-state index in [1.54, 1.807) is 7.11 Å². The zero-order chi connectivity index (χ0) is 23.4.